The van der Waals surface area contributed by atoms with Crippen LogP contribution < -0.4 is 5.32 Å². The minimum absolute atomic E-state index is 0.0304. The molecule has 2 aromatic heterocycles. The highest BCUT2D eigenvalue weighted by atomic mass is 16.1. The van der Waals surface area contributed by atoms with Crippen molar-refractivity contribution < 1.29 is 4.79 Å². The number of aromatic nitrogens is 3. The zero-order valence-corrected chi connectivity index (χ0v) is 12.0. The Bertz CT molecular complexity index is 756. The van der Waals surface area contributed by atoms with Crippen molar-refractivity contribution in [2.45, 2.75) is 19.3 Å². The fraction of sp³-hybridized carbons (Fsp3) is 0.250. The number of carbonyl (C=O) groups is 1. The van der Waals surface area contributed by atoms with Gasteiger partial charge in [0.1, 0.15) is 0 Å². The minimum atomic E-state index is 0.0304. The molecule has 0 unspecified atom stereocenters. The predicted molar refractivity (Wildman–Crippen MR) is 83.1 cm³/mol. The minimum Gasteiger partial charge on any atom is -0.361 e. The van der Waals surface area contributed by atoms with Gasteiger partial charge in [-0.25, -0.2) is 0 Å². The predicted octanol–water partition coefficient (Wildman–Crippen LogP) is 2.86. The number of nitrogens with zero attached hydrogens (tertiary/aromatic N) is 2. The second kappa shape index (κ2) is 5.83. The van der Waals surface area contributed by atoms with E-state index in [1.54, 1.807) is 17.1 Å². The Hall–Kier alpha value is -2.56. The molecule has 0 fully saturated rings. The lowest BCUT2D eigenvalue weighted by molar-refractivity contribution is -0.116. The lowest BCUT2D eigenvalue weighted by Gasteiger charge is -2.02. The van der Waals surface area contributed by atoms with E-state index in [4.69, 9.17) is 0 Å². The third-order valence-corrected chi connectivity index (χ3v) is 3.51. The molecular formula is C16H18N4O. The third kappa shape index (κ3) is 3.13. The van der Waals surface area contributed by atoms with E-state index >= 15 is 0 Å². The smallest absolute Gasteiger partial charge is 0.224 e. The average Bonchev–Trinajstić information content (AvgIpc) is 3.06. The van der Waals surface area contributed by atoms with Crippen LogP contribution in [0.2, 0.25) is 0 Å². The molecule has 0 saturated heterocycles. The zero-order valence-electron chi connectivity index (χ0n) is 12.0. The number of aromatic amines is 1. The second-order valence-electron chi connectivity index (χ2n) is 5.16. The number of nitrogens with one attached hydrogen (secondary N) is 2. The fourth-order valence-electron chi connectivity index (χ4n) is 2.49. The normalized spacial score (nSPS) is 10.9. The monoisotopic (exact) mass is 282 g/mol. The van der Waals surface area contributed by atoms with Crippen LogP contribution in [0.5, 0.6) is 0 Å². The van der Waals surface area contributed by atoms with Crippen LogP contribution in [0.15, 0.2) is 42.9 Å². The number of carbonyl (C=O) groups excluding carboxylic acids is 1. The van der Waals surface area contributed by atoms with Gasteiger partial charge in [-0.1, -0.05) is 18.2 Å². The number of fused-ring (bicyclic) bond motifs is 1. The second-order valence-corrected chi connectivity index (χ2v) is 5.16. The molecule has 0 spiro atoms. The van der Waals surface area contributed by atoms with Crippen LogP contribution in [0, 0.1) is 0 Å². The number of aryl methyl sites for hydroxylation is 2. The van der Waals surface area contributed by atoms with Crippen LogP contribution in [-0.4, -0.2) is 20.7 Å². The largest absolute Gasteiger partial charge is 0.361 e. The number of hydrogen-bond donors (Lipinski definition) is 2. The number of para-hydroxylation sites is 1. The highest BCUT2D eigenvalue weighted by Gasteiger charge is 2.06. The molecule has 0 radical (unpaired) electrons. The summed E-state index contributed by atoms with van der Waals surface area (Å²) >= 11 is 0. The highest BCUT2D eigenvalue weighted by Crippen LogP contribution is 2.19. The molecule has 0 aliphatic rings. The Balaban J connectivity index is 1.53. The van der Waals surface area contributed by atoms with E-state index < -0.39 is 0 Å². The maximum absolute atomic E-state index is 11.9. The van der Waals surface area contributed by atoms with E-state index in [1.165, 1.54) is 10.9 Å². The molecule has 5 nitrogen and oxygen atoms in total. The number of amides is 1. The molecule has 0 saturated carbocycles. The van der Waals surface area contributed by atoms with Crippen LogP contribution in [0.4, 0.5) is 5.69 Å². The van der Waals surface area contributed by atoms with Crippen molar-refractivity contribution in [1.82, 2.24) is 14.8 Å². The highest BCUT2D eigenvalue weighted by molar-refractivity contribution is 5.90. The van der Waals surface area contributed by atoms with Gasteiger partial charge in [0.15, 0.2) is 0 Å². The molecule has 3 rings (SSSR count). The summed E-state index contributed by atoms with van der Waals surface area (Å²) < 4.78 is 1.67. The van der Waals surface area contributed by atoms with E-state index in [1.807, 2.05) is 25.4 Å². The van der Waals surface area contributed by atoms with E-state index in [2.05, 4.69) is 27.5 Å². The summed E-state index contributed by atoms with van der Waals surface area (Å²) in [6.45, 7) is 0. The van der Waals surface area contributed by atoms with Gasteiger partial charge in [-0.2, -0.15) is 5.10 Å². The number of rotatable bonds is 5. The van der Waals surface area contributed by atoms with Crippen molar-refractivity contribution in [2.75, 3.05) is 5.32 Å². The maximum atomic E-state index is 11.9. The maximum Gasteiger partial charge on any atom is 0.224 e. The number of benzene rings is 1. The van der Waals surface area contributed by atoms with Crippen LogP contribution in [0.3, 0.4) is 0 Å². The summed E-state index contributed by atoms with van der Waals surface area (Å²) in [6, 6.07) is 8.23. The van der Waals surface area contributed by atoms with Crippen LogP contribution in [0.25, 0.3) is 10.9 Å². The van der Waals surface area contributed by atoms with Gasteiger partial charge in [-0.15, -0.1) is 0 Å². The summed E-state index contributed by atoms with van der Waals surface area (Å²) in [4.78, 5) is 15.1. The molecule has 1 aromatic carbocycles. The Morgan fingerprint density at radius 3 is 3.05 bits per heavy atom. The number of anilines is 1. The Kier molecular flexibility index (Phi) is 3.73. The summed E-state index contributed by atoms with van der Waals surface area (Å²) in [6.07, 6.45) is 7.70. The van der Waals surface area contributed by atoms with E-state index in [0.29, 0.717) is 6.42 Å². The Labute approximate surface area is 123 Å². The molecule has 2 N–H and O–H groups in total. The first-order valence-electron chi connectivity index (χ1n) is 7.06. The lowest BCUT2D eigenvalue weighted by atomic mass is 10.1. The molecule has 1 amide bonds. The van der Waals surface area contributed by atoms with Crippen molar-refractivity contribution in [3.8, 4) is 0 Å². The first-order valence-corrected chi connectivity index (χ1v) is 7.06. The Morgan fingerprint density at radius 1 is 1.38 bits per heavy atom. The van der Waals surface area contributed by atoms with Crippen molar-refractivity contribution in [3.05, 3.63) is 48.4 Å². The third-order valence-electron chi connectivity index (χ3n) is 3.51. The molecule has 2 heterocycles. The molecule has 0 aliphatic heterocycles. The molecule has 5 heteroatoms. The lowest BCUT2D eigenvalue weighted by Crippen LogP contribution is -2.10. The average molecular weight is 282 g/mol. The van der Waals surface area contributed by atoms with Crippen molar-refractivity contribution >= 4 is 22.5 Å². The van der Waals surface area contributed by atoms with E-state index in [-0.39, 0.29) is 5.91 Å². The first kappa shape index (κ1) is 13.4. The molecule has 21 heavy (non-hydrogen) atoms. The summed E-state index contributed by atoms with van der Waals surface area (Å²) in [7, 11) is 1.83. The van der Waals surface area contributed by atoms with E-state index in [0.717, 1.165) is 24.0 Å². The van der Waals surface area contributed by atoms with Gasteiger partial charge >= 0.3 is 0 Å². The van der Waals surface area contributed by atoms with Gasteiger partial charge in [0, 0.05) is 36.8 Å². The first-order chi connectivity index (χ1) is 10.2. The van der Waals surface area contributed by atoms with Gasteiger partial charge < -0.3 is 10.3 Å². The van der Waals surface area contributed by atoms with Crippen molar-refractivity contribution in [1.29, 1.82) is 0 Å². The van der Waals surface area contributed by atoms with Crippen molar-refractivity contribution in [2.24, 2.45) is 7.05 Å². The molecule has 108 valence electrons. The van der Waals surface area contributed by atoms with Gasteiger partial charge in [0.25, 0.3) is 0 Å². The molecule has 0 bridgehead atoms. The number of H-pyrrole nitrogens is 1. The standard InChI is InChI=1S/C16H18N4O/c1-20-11-13(10-18-20)19-16(21)8-4-5-12-9-17-15-7-3-2-6-14(12)15/h2-3,6-7,9-11,17H,4-5,8H2,1H3,(H,19,21). The summed E-state index contributed by atoms with van der Waals surface area (Å²) in [5.74, 6) is 0.0304. The van der Waals surface area contributed by atoms with Crippen LogP contribution >= 0.6 is 0 Å². The van der Waals surface area contributed by atoms with Gasteiger partial charge in [0.05, 0.1) is 11.9 Å². The quantitative estimate of drug-likeness (QED) is 0.756. The Morgan fingerprint density at radius 2 is 2.24 bits per heavy atom. The van der Waals surface area contributed by atoms with Crippen molar-refractivity contribution in [3.63, 3.8) is 0 Å². The fourth-order valence-corrected chi connectivity index (χ4v) is 2.49. The van der Waals surface area contributed by atoms with Crippen LogP contribution in [-0.2, 0) is 18.3 Å². The SMILES string of the molecule is Cn1cc(NC(=O)CCCc2c[nH]c3ccccc23)cn1. The molecule has 3 aromatic rings. The van der Waals surface area contributed by atoms with Gasteiger partial charge in [-0.05, 0) is 24.5 Å². The molecule has 0 atom stereocenters. The van der Waals surface area contributed by atoms with E-state index in [9.17, 15) is 4.79 Å². The molecule has 0 aliphatic carbocycles. The zero-order chi connectivity index (χ0) is 14.7. The van der Waals surface area contributed by atoms with Gasteiger partial charge in [-0.3, -0.25) is 9.48 Å². The summed E-state index contributed by atoms with van der Waals surface area (Å²) in [5.41, 5.74) is 3.15. The van der Waals surface area contributed by atoms with Crippen LogP contribution in [0.1, 0.15) is 18.4 Å². The van der Waals surface area contributed by atoms with Gasteiger partial charge in [0.2, 0.25) is 5.91 Å². The topological polar surface area (TPSA) is 62.7 Å². The number of hydrogen-bond acceptors (Lipinski definition) is 2. The molecular weight excluding hydrogens is 264 g/mol. The summed E-state index contributed by atoms with van der Waals surface area (Å²) in [5, 5.41) is 8.11.